The van der Waals surface area contributed by atoms with Crippen LogP contribution < -0.4 is 15.6 Å². The number of halogens is 2. The number of thioether (sulfide) groups is 1. The van der Waals surface area contributed by atoms with Crippen molar-refractivity contribution in [2.24, 2.45) is 0 Å². The first-order valence-corrected chi connectivity index (χ1v) is 12.6. The number of nitrogens with one attached hydrogen (secondary N) is 1. The Labute approximate surface area is 208 Å². The number of nitrogens with zero attached hydrogens (tertiary/aromatic N) is 2. The Balaban J connectivity index is 1.53. The van der Waals surface area contributed by atoms with Crippen molar-refractivity contribution in [2.45, 2.75) is 18.1 Å². The maximum absolute atomic E-state index is 13.1. The van der Waals surface area contributed by atoms with Crippen LogP contribution in [0.5, 0.6) is 5.75 Å². The quantitative estimate of drug-likeness (QED) is 0.237. The number of carbonyl (C=O) groups is 1. The number of hydrogen-bond acceptors (Lipinski definition) is 6. The molecule has 0 unspecified atom stereocenters. The Morgan fingerprint density at radius 1 is 1.15 bits per heavy atom. The van der Waals surface area contributed by atoms with E-state index in [9.17, 15) is 9.59 Å². The molecule has 0 aliphatic heterocycles. The number of ether oxygens (including phenoxy) is 1. The molecule has 1 amide bonds. The first-order valence-electron chi connectivity index (χ1n) is 9.93. The molecule has 0 bridgehead atoms. The van der Waals surface area contributed by atoms with Crippen LogP contribution in [-0.2, 0) is 17.8 Å². The summed E-state index contributed by atoms with van der Waals surface area (Å²) in [5.41, 5.74) is 2.06. The molecule has 0 fully saturated rings. The van der Waals surface area contributed by atoms with E-state index in [1.165, 1.54) is 30.2 Å². The lowest BCUT2D eigenvalue weighted by Crippen LogP contribution is -2.24. The largest absolute Gasteiger partial charge is 0.495 e. The van der Waals surface area contributed by atoms with Gasteiger partial charge in [0.05, 0.1) is 24.1 Å². The van der Waals surface area contributed by atoms with E-state index in [2.05, 4.69) is 10.3 Å². The van der Waals surface area contributed by atoms with Gasteiger partial charge in [-0.25, -0.2) is 4.98 Å². The van der Waals surface area contributed by atoms with E-state index in [4.69, 9.17) is 27.9 Å². The zero-order valence-electron chi connectivity index (χ0n) is 17.5. The second-order valence-corrected chi connectivity index (χ2v) is 9.78. The van der Waals surface area contributed by atoms with Gasteiger partial charge in [-0.05, 0) is 53.8 Å². The molecule has 6 nitrogen and oxygen atoms in total. The molecule has 4 aromatic rings. The van der Waals surface area contributed by atoms with Crippen LogP contribution in [0, 0.1) is 0 Å². The second kappa shape index (κ2) is 10.6. The number of rotatable bonds is 8. The third-order valence-electron chi connectivity index (χ3n) is 4.84. The number of benzene rings is 2. The highest BCUT2D eigenvalue weighted by atomic mass is 35.5. The van der Waals surface area contributed by atoms with Gasteiger partial charge in [0.25, 0.3) is 5.56 Å². The number of amides is 1. The number of aryl methyl sites for hydroxylation is 1. The molecule has 2 aromatic heterocycles. The number of anilines is 1. The van der Waals surface area contributed by atoms with Crippen molar-refractivity contribution in [1.29, 1.82) is 0 Å². The molecule has 0 spiro atoms. The number of aromatic nitrogens is 2. The van der Waals surface area contributed by atoms with Gasteiger partial charge in [0.15, 0.2) is 5.16 Å². The van der Waals surface area contributed by atoms with Crippen molar-refractivity contribution < 1.29 is 9.53 Å². The van der Waals surface area contributed by atoms with Crippen LogP contribution in [0.2, 0.25) is 10.0 Å². The molecule has 4 rings (SSSR count). The molecule has 0 radical (unpaired) electrons. The minimum atomic E-state index is -0.260. The van der Waals surface area contributed by atoms with Gasteiger partial charge in [-0.15, -0.1) is 11.3 Å². The summed E-state index contributed by atoms with van der Waals surface area (Å²) in [4.78, 5) is 30.4. The molecule has 0 atom stereocenters. The monoisotopic (exact) mass is 519 g/mol. The van der Waals surface area contributed by atoms with Gasteiger partial charge in [0.2, 0.25) is 5.91 Å². The SMILES string of the molecule is COc1ccc(Cl)cc1NC(=O)CSc1nc2ccsc2c(=O)n1CCc1ccc(Cl)cc1. The summed E-state index contributed by atoms with van der Waals surface area (Å²) in [7, 11) is 1.52. The summed E-state index contributed by atoms with van der Waals surface area (Å²) >= 11 is 14.6. The Morgan fingerprint density at radius 3 is 2.67 bits per heavy atom. The number of fused-ring (bicyclic) bond motifs is 1. The lowest BCUT2D eigenvalue weighted by Gasteiger charge is -2.13. The zero-order valence-corrected chi connectivity index (χ0v) is 20.7. The summed E-state index contributed by atoms with van der Waals surface area (Å²) in [6.45, 7) is 0.438. The summed E-state index contributed by atoms with van der Waals surface area (Å²) in [6.07, 6.45) is 0.634. The van der Waals surface area contributed by atoms with Crippen LogP contribution in [0.3, 0.4) is 0 Å². The van der Waals surface area contributed by atoms with E-state index in [0.29, 0.717) is 49.8 Å². The normalized spacial score (nSPS) is 11.0. The fourth-order valence-electron chi connectivity index (χ4n) is 3.22. The number of carbonyl (C=O) groups excluding carboxylic acids is 1. The zero-order chi connectivity index (χ0) is 23.4. The van der Waals surface area contributed by atoms with Crippen LogP contribution in [0.25, 0.3) is 10.2 Å². The summed E-state index contributed by atoms with van der Waals surface area (Å²) in [5, 5.41) is 6.29. The molecule has 0 aliphatic carbocycles. The predicted octanol–water partition coefficient (Wildman–Crippen LogP) is 5.75. The van der Waals surface area contributed by atoms with Gasteiger partial charge in [-0.3, -0.25) is 14.2 Å². The molecule has 0 saturated carbocycles. The highest BCUT2D eigenvalue weighted by molar-refractivity contribution is 7.99. The fourth-order valence-corrected chi connectivity index (χ4v) is 5.12. The molecule has 0 saturated heterocycles. The molecule has 170 valence electrons. The van der Waals surface area contributed by atoms with Gasteiger partial charge in [0, 0.05) is 16.6 Å². The van der Waals surface area contributed by atoms with Crippen molar-refractivity contribution >= 4 is 68.1 Å². The molecule has 10 heteroatoms. The Hall–Kier alpha value is -2.52. The van der Waals surface area contributed by atoms with E-state index in [1.807, 2.05) is 35.7 Å². The lowest BCUT2D eigenvalue weighted by atomic mass is 10.1. The van der Waals surface area contributed by atoms with Crippen LogP contribution >= 0.6 is 46.3 Å². The van der Waals surface area contributed by atoms with Crippen LogP contribution in [0.15, 0.2) is 63.9 Å². The third kappa shape index (κ3) is 5.70. The Kier molecular flexibility index (Phi) is 7.60. The highest BCUT2D eigenvalue weighted by Crippen LogP contribution is 2.28. The topological polar surface area (TPSA) is 73.2 Å². The molecular formula is C23H19Cl2N3O3S2. The number of thiophene rings is 1. The standard InChI is InChI=1S/C23H19Cl2N3O3S2/c1-31-19-7-6-16(25)12-18(19)26-20(29)13-33-23-27-17-9-11-32-21(17)22(30)28(23)10-8-14-2-4-15(24)5-3-14/h2-7,9,11-12H,8,10,13H2,1H3,(H,26,29). The van der Waals surface area contributed by atoms with Gasteiger partial charge in [-0.1, -0.05) is 47.1 Å². The highest BCUT2D eigenvalue weighted by Gasteiger charge is 2.15. The van der Waals surface area contributed by atoms with Crippen molar-refractivity contribution in [3.05, 3.63) is 79.9 Å². The summed E-state index contributed by atoms with van der Waals surface area (Å²) in [6, 6.07) is 14.3. The van der Waals surface area contributed by atoms with Crippen LogP contribution in [0.4, 0.5) is 5.69 Å². The smallest absolute Gasteiger partial charge is 0.272 e. The van der Waals surface area contributed by atoms with Crippen molar-refractivity contribution in [1.82, 2.24) is 9.55 Å². The number of methoxy groups -OCH3 is 1. The van der Waals surface area contributed by atoms with Gasteiger partial charge in [-0.2, -0.15) is 0 Å². The average molecular weight is 520 g/mol. The minimum absolute atomic E-state index is 0.0682. The molecule has 2 aromatic carbocycles. The van der Waals surface area contributed by atoms with Gasteiger partial charge >= 0.3 is 0 Å². The maximum Gasteiger partial charge on any atom is 0.272 e. The Morgan fingerprint density at radius 2 is 1.91 bits per heavy atom. The molecule has 1 N–H and O–H groups in total. The maximum atomic E-state index is 13.1. The minimum Gasteiger partial charge on any atom is -0.495 e. The molecule has 0 aliphatic rings. The van der Waals surface area contributed by atoms with Crippen molar-refractivity contribution in [3.8, 4) is 5.75 Å². The summed E-state index contributed by atoms with van der Waals surface area (Å²) in [5.74, 6) is 0.318. The van der Waals surface area contributed by atoms with E-state index in [0.717, 1.165) is 5.56 Å². The fraction of sp³-hybridized carbons (Fsp3) is 0.174. The van der Waals surface area contributed by atoms with Gasteiger partial charge in [0.1, 0.15) is 10.4 Å². The van der Waals surface area contributed by atoms with Crippen LogP contribution in [-0.4, -0.2) is 28.3 Å². The van der Waals surface area contributed by atoms with E-state index in [-0.39, 0.29) is 17.2 Å². The first-order chi connectivity index (χ1) is 15.9. The van der Waals surface area contributed by atoms with Gasteiger partial charge < -0.3 is 10.1 Å². The van der Waals surface area contributed by atoms with Crippen molar-refractivity contribution in [2.75, 3.05) is 18.2 Å². The van der Waals surface area contributed by atoms with Crippen molar-refractivity contribution in [3.63, 3.8) is 0 Å². The van der Waals surface area contributed by atoms with E-state index >= 15 is 0 Å². The Bertz CT molecular complexity index is 1350. The summed E-state index contributed by atoms with van der Waals surface area (Å²) < 4.78 is 7.51. The third-order valence-corrected chi connectivity index (χ3v) is 7.19. The van der Waals surface area contributed by atoms with E-state index < -0.39 is 0 Å². The molecule has 33 heavy (non-hydrogen) atoms. The van der Waals surface area contributed by atoms with Crippen LogP contribution in [0.1, 0.15) is 5.56 Å². The first kappa shape index (κ1) is 23.6. The second-order valence-electron chi connectivity index (χ2n) is 7.04. The lowest BCUT2D eigenvalue weighted by molar-refractivity contribution is -0.113. The molecular weight excluding hydrogens is 501 g/mol. The average Bonchev–Trinajstić information content (AvgIpc) is 3.27. The van der Waals surface area contributed by atoms with E-state index in [1.54, 1.807) is 22.8 Å². The predicted molar refractivity (Wildman–Crippen MR) is 136 cm³/mol. The number of hydrogen-bond donors (Lipinski definition) is 1. The molecule has 2 heterocycles.